The van der Waals surface area contributed by atoms with E-state index in [4.69, 9.17) is 9.66 Å². The number of anilines is 1. The monoisotopic (exact) mass is 345 g/mol. The van der Waals surface area contributed by atoms with Gasteiger partial charge in [0.25, 0.3) is 0 Å². The first-order valence-corrected chi connectivity index (χ1v) is 9.48. The van der Waals surface area contributed by atoms with E-state index in [0.29, 0.717) is 17.4 Å². The van der Waals surface area contributed by atoms with E-state index in [0.717, 1.165) is 41.9 Å². The van der Waals surface area contributed by atoms with Crippen LogP contribution in [0, 0.1) is 13.8 Å². The molecule has 1 saturated carbocycles. The minimum Gasteiger partial charge on any atom is -0.364 e. The van der Waals surface area contributed by atoms with Gasteiger partial charge in [-0.3, -0.25) is 0 Å². The molecule has 1 fully saturated rings. The highest BCUT2D eigenvalue weighted by atomic mass is 32.2. The molecule has 2 heterocycles. The van der Waals surface area contributed by atoms with Gasteiger partial charge in [0.2, 0.25) is 10.0 Å². The fourth-order valence-corrected chi connectivity index (χ4v) is 4.18. The Kier molecular flexibility index (Phi) is 3.33. The van der Waals surface area contributed by atoms with Crippen molar-refractivity contribution in [3.8, 4) is 11.1 Å². The van der Waals surface area contributed by atoms with Gasteiger partial charge in [0.15, 0.2) is 0 Å². The molecule has 0 spiro atoms. The smallest absolute Gasteiger partial charge is 0.238 e. The minimum atomic E-state index is -3.84. The molecule has 0 atom stereocenters. The van der Waals surface area contributed by atoms with E-state index in [1.807, 2.05) is 32.1 Å². The fourth-order valence-electron chi connectivity index (χ4n) is 3.41. The van der Waals surface area contributed by atoms with E-state index in [2.05, 4.69) is 10.1 Å². The summed E-state index contributed by atoms with van der Waals surface area (Å²) in [7, 11) is -3.84. The normalized spacial score (nSPS) is 17.2. The van der Waals surface area contributed by atoms with Gasteiger partial charge < -0.3 is 9.42 Å². The average Bonchev–Trinajstić information content (AvgIpc) is 3.30. The molecule has 0 saturated heterocycles. The van der Waals surface area contributed by atoms with Crippen molar-refractivity contribution in [2.75, 3.05) is 11.4 Å². The molecule has 1 aromatic heterocycles. The third kappa shape index (κ3) is 2.44. The lowest BCUT2D eigenvalue weighted by Crippen LogP contribution is -2.29. The molecular weight excluding hydrogens is 326 g/mol. The van der Waals surface area contributed by atoms with Crippen LogP contribution in [0.1, 0.15) is 29.9 Å². The van der Waals surface area contributed by atoms with Crippen LogP contribution >= 0.6 is 0 Å². The first-order chi connectivity index (χ1) is 11.4. The van der Waals surface area contributed by atoms with Gasteiger partial charge in [-0.15, -0.1) is 0 Å². The van der Waals surface area contributed by atoms with Crippen LogP contribution in [-0.4, -0.2) is 26.2 Å². The summed E-state index contributed by atoms with van der Waals surface area (Å²) in [5.74, 6) is 0.664. The van der Waals surface area contributed by atoms with Gasteiger partial charge in [-0.05, 0) is 44.4 Å². The summed E-state index contributed by atoms with van der Waals surface area (Å²) in [5.41, 5.74) is 3.92. The number of primary sulfonamides is 1. The summed E-state index contributed by atoms with van der Waals surface area (Å²) in [6.45, 7) is 4.46. The zero-order valence-electron chi connectivity index (χ0n) is 13.6. The molecule has 1 aliphatic carbocycles. The maximum atomic E-state index is 12.2. The SMILES string of the molecule is Cc1noc(C)c1-c1cc2c(c(S(N)(=O)=O)c1)C=CCN2C1CC1. The molecule has 4 rings (SSSR count). The number of nitrogens with two attached hydrogens (primary N) is 1. The Balaban J connectivity index is 2.00. The van der Waals surface area contributed by atoms with Crippen LogP contribution in [0.25, 0.3) is 17.2 Å². The summed E-state index contributed by atoms with van der Waals surface area (Å²) < 4.78 is 29.6. The Morgan fingerprint density at radius 1 is 1.29 bits per heavy atom. The Labute approximate surface area is 141 Å². The standard InChI is InChI=1S/C17H19N3O3S/c1-10-17(11(2)23-19-10)12-8-15-14(16(9-12)24(18,21)22)4-3-7-20(15)13-5-6-13/h3-4,8-9,13H,5-7H2,1-2H3,(H2,18,21,22). The summed E-state index contributed by atoms with van der Waals surface area (Å²) in [6.07, 6.45) is 6.11. The predicted molar refractivity (Wildman–Crippen MR) is 92.2 cm³/mol. The molecule has 1 aliphatic heterocycles. The van der Waals surface area contributed by atoms with Crippen molar-refractivity contribution in [1.29, 1.82) is 0 Å². The maximum absolute atomic E-state index is 12.2. The Morgan fingerprint density at radius 2 is 2.04 bits per heavy atom. The Bertz CT molecular complexity index is 936. The van der Waals surface area contributed by atoms with Crippen LogP contribution in [0.15, 0.2) is 27.6 Å². The molecule has 2 aromatic rings. The highest BCUT2D eigenvalue weighted by Gasteiger charge is 2.33. The molecular formula is C17H19N3O3S. The first kappa shape index (κ1) is 15.4. The van der Waals surface area contributed by atoms with Crippen LogP contribution in [0.3, 0.4) is 0 Å². The number of aromatic nitrogens is 1. The Hall–Kier alpha value is -2.12. The van der Waals surface area contributed by atoms with Gasteiger partial charge in [0, 0.05) is 29.4 Å². The summed E-state index contributed by atoms with van der Waals surface area (Å²) >= 11 is 0. The Morgan fingerprint density at radius 3 is 2.62 bits per heavy atom. The molecule has 0 unspecified atom stereocenters. The molecule has 0 amide bonds. The second-order valence-electron chi connectivity index (χ2n) is 6.44. The highest BCUT2D eigenvalue weighted by Crippen LogP contribution is 2.42. The molecule has 126 valence electrons. The van der Waals surface area contributed by atoms with Crippen molar-refractivity contribution in [3.05, 3.63) is 35.2 Å². The fraction of sp³-hybridized carbons (Fsp3) is 0.353. The molecule has 0 radical (unpaired) electrons. The second kappa shape index (κ2) is 5.19. The van der Waals surface area contributed by atoms with Crippen molar-refractivity contribution in [2.45, 2.75) is 37.6 Å². The molecule has 1 aromatic carbocycles. The molecule has 0 bridgehead atoms. The van der Waals surface area contributed by atoms with Crippen LogP contribution in [0.5, 0.6) is 0 Å². The molecule has 2 aliphatic rings. The number of hydrogen-bond donors (Lipinski definition) is 1. The van der Waals surface area contributed by atoms with Crippen LogP contribution in [0.2, 0.25) is 0 Å². The van der Waals surface area contributed by atoms with E-state index in [1.165, 1.54) is 0 Å². The van der Waals surface area contributed by atoms with Gasteiger partial charge in [-0.25, -0.2) is 13.6 Å². The van der Waals surface area contributed by atoms with Gasteiger partial charge >= 0.3 is 0 Å². The number of benzene rings is 1. The number of aryl methyl sites for hydroxylation is 2. The lowest BCUT2D eigenvalue weighted by Gasteiger charge is -2.30. The largest absolute Gasteiger partial charge is 0.364 e. The number of rotatable bonds is 3. The average molecular weight is 345 g/mol. The highest BCUT2D eigenvalue weighted by molar-refractivity contribution is 7.89. The topological polar surface area (TPSA) is 89.4 Å². The lowest BCUT2D eigenvalue weighted by molar-refractivity contribution is 0.393. The number of hydrogen-bond acceptors (Lipinski definition) is 5. The van der Waals surface area contributed by atoms with Crippen LogP contribution in [0.4, 0.5) is 5.69 Å². The van der Waals surface area contributed by atoms with Gasteiger partial charge in [-0.2, -0.15) is 0 Å². The van der Waals surface area contributed by atoms with Crippen molar-refractivity contribution in [2.24, 2.45) is 5.14 Å². The van der Waals surface area contributed by atoms with Crippen molar-refractivity contribution in [1.82, 2.24) is 5.16 Å². The van der Waals surface area contributed by atoms with E-state index in [-0.39, 0.29) is 4.90 Å². The number of sulfonamides is 1. The van der Waals surface area contributed by atoms with E-state index in [9.17, 15) is 8.42 Å². The summed E-state index contributed by atoms with van der Waals surface area (Å²) in [5, 5.41) is 9.48. The second-order valence-corrected chi connectivity index (χ2v) is 7.97. The lowest BCUT2D eigenvalue weighted by atomic mass is 9.98. The van der Waals surface area contributed by atoms with E-state index in [1.54, 1.807) is 6.07 Å². The van der Waals surface area contributed by atoms with Crippen molar-refractivity contribution >= 4 is 21.8 Å². The number of fused-ring (bicyclic) bond motifs is 1. The van der Waals surface area contributed by atoms with Gasteiger partial charge in [-0.1, -0.05) is 17.3 Å². The van der Waals surface area contributed by atoms with Crippen molar-refractivity contribution in [3.63, 3.8) is 0 Å². The zero-order valence-corrected chi connectivity index (χ0v) is 14.4. The quantitative estimate of drug-likeness (QED) is 0.923. The maximum Gasteiger partial charge on any atom is 0.238 e. The van der Waals surface area contributed by atoms with E-state index >= 15 is 0 Å². The molecule has 6 nitrogen and oxygen atoms in total. The van der Waals surface area contributed by atoms with Gasteiger partial charge in [0.05, 0.1) is 10.6 Å². The van der Waals surface area contributed by atoms with Crippen LogP contribution < -0.4 is 10.0 Å². The van der Waals surface area contributed by atoms with Crippen molar-refractivity contribution < 1.29 is 12.9 Å². The molecule has 24 heavy (non-hydrogen) atoms. The van der Waals surface area contributed by atoms with E-state index < -0.39 is 10.0 Å². The van der Waals surface area contributed by atoms with Crippen LogP contribution in [-0.2, 0) is 10.0 Å². The first-order valence-electron chi connectivity index (χ1n) is 7.93. The minimum absolute atomic E-state index is 0.150. The summed E-state index contributed by atoms with van der Waals surface area (Å²) in [4.78, 5) is 2.41. The third-order valence-corrected chi connectivity index (χ3v) is 5.58. The third-order valence-electron chi connectivity index (χ3n) is 4.63. The summed E-state index contributed by atoms with van der Waals surface area (Å²) in [6, 6.07) is 4.13. The number of nitrogens with zero attached hydrogens (tertiary/aromatic N) is 2. The predicted octanol–water partition coefficient (Wildman–Crippen LogP) is 2.60. The van der Waals surface area contributed by atoms with Gasteiger partial charge in [0.1, 0.15) is 5.76 Å². The molecule has 2 N–H and O–H groups in total. The zero-order chi connectivity index (χ0) is 17.1. The molecule has 7 heteroatoms.